The lowest BCUT2D eigenvalue weighted by atomic mass is 10.0. The topological polar surface area (TPSA) is 21.1 Å². The summed E-state index contributed by atoms with van der Waals surface area (Å²) < 4.78 is 2.32. The third-order valence-electron chi connectivity index (χ3n) is 3.88. The van der Waals surface area contributed by atoms with Crippen molar-refractivity contribution in [1.82, 2.24) is 14.7 Å². The van der Waals surface area contributed by atoms with Gasteiger partial charge in [0.05, 0.1) is 12.2 Å². The number of aromatic nitrogens is 2. The molecule has 1 aromatic heterocycles. The first-order valence-corrected chi connectivity index (χ1v) is 6.88. The van der Waals surface area contributed by atoms with Gasteiger partial charge in [-0.05, 0) is 50.9 Å². The van der Waals surface area contributed by atoms with Crippen LogP contribution in [0.25, 0.3) is 0 Å². The molecule has 0 aromatic carbocycles. The van der Waals surface area contributed by atoms with Crippen LogP contribution in [-0.4, -0.2) is 34.8 Å². The number of hydrogen-bond donors (Lipinski definition) is 0. The summed E-state index contributed by atoms with van der Waals surface area (Å²) in [7, 11) is 2.21. The highest BCUT2D eigenvalue weighted by molar-refractivity contribution is 5.21. The summed E-state index contributed by atoms with van der Waals surface area (Å²) in [5, 5.41) is 4.66. The molecule has 0 amide bonds. The minimum absolute atomic E-state index is 0.576. The van der Waals surface area contributed by atoms with Gasteiger partial charge >= 0.3 is 0 Å². The van der Waals surface area contributed by atoms with E-state index < -0.39 is 0 Å². The normalized spacial score (nSPS) is 19.1. The van der Waals surface area contributed by atoms with Crippen LogP contribution < -0.4 is 0 Å². The van der Waals surface area contributed by atoms with Crippen LogP contribution in [0.15, 0.2) is 6.20 Å². The molecule has 1 aromatic rings. The van der Waals surface area contributed by atoms with Crippen molar-refractivity contribution < 1.29 is 0 Å². The van der Waals surface area contributed by atoms with E-state index in [2.05, 4.69) is 48.7 Å². The fraction of sp³-hybridized carbons (Fsp3) is 0.786. The first kappa shape index (κ1) is 12.6. The number of hydrogen-bond acceptors (Lipinski definition) is 2. The van der Waals surface area contributed by atoms with Gasteiger partial charge in [0, 0.05) is 5.69 Å². The SMILES string of the molecule is CCc1cnn(C2CCN(C)CC2)c1C(C)C. The van der Waals surface area contributed by atoms with Crippen molar-refractivity contribution in [2.24, 2.45) is 0 Å². The fourth-order valence-electron chi connectivity index (χ4n) is 2.85. The quantitative estimate of drug-likeness (QED) is 0.803. The molecule has 3 nitrogen and oxygen atoms in total. The highest BCUT2D eigenvalue weighted by Crippen LogP contribution is 2.28. The molecule has 0 spiro atoms. The summed E-state index contributed by atoms with van der Waals surface area (Å²) >= 11 is 0. The Morgan fingerprint density at radius 1 is 1.35 bits per heavy atom. The van der Waals surface area contributed by atoms with E-state index in [1.54, 1.807) is 0 Å². The van der Waals surface area contributed by atoms with Gasteiger partial charge in [-0.2, -0.15) is 5.10 Å². The molecule has 2 heterocycles. The fourth-order valence-corrected chi connectivity index (χ4v) is 2.85. The van der Waals surface area contributed by atoms with Gasteiger partial charge < -0.3 is 4.90 Å². The van der Waals surface area contributed by atoms with Gasteiger partial charge in [0.2, 0.25) is 0 Å². The van der Waals surface area contributed by atoms with Gasteiger partial charge in [-0.1, -0.05) is 20.8 Å². The third kappa shape index (κ3) is 2.54. The van der Waals surface area contributed by atoms with Crippen LogP contribution in [0.5, 0.6) is 0 Å². The van der Waals surface area contributed by atoms with E-state index >= 15 is 0 Å². The monoisotopic (exact) mass is 235 g/mol. The maximum atomic E-state index is 4.66. The standard InChI is InChI=1S/C14H25N3/c1-5-12-10-15-17(14(12)11(2)3)13-6-8-16(4)9-7-13/h10-11,13H,5-9H2,1-4H3. The van der Waals surface area contributed by atoms with Crippen molar-refractivity contribution in [2.75, 3.05) is 20.1 Å². The van der Waals surface area contributed by atoms with Gasteiger partial charge in [-0.3, -0.25) is 4.68 Å². The van der Waals surface area contributed by atoms with E-state index in [-0.39, 0.29) is 0 Å². The minimum atomic E-state index is 0.576. The zero-order valence-corrected chi connectivity index (χ0v) is 11.6. The predicted molar refractivity (Wildman–Crippen MR) is 71.5 cm³/mol. The van der Waals surface area contributed by atoms with Gasteiger partial charge in [-0.15, -0.1) is 0 Å². The van der Waals surface area contributed by atoms with E-state index in [1.165, 1.54) is 37.2 Å². The van der Waals surface area contributed by atoms with Crippen LogP contribution in [0.4, 0.5) is 0 Å². The Bertz CT molecular complexity index is 360. The summed E-state index contributed by atoms with van der Waals surface area (Å²) in [4.78, 5) is 2.41. The zero-order valence-electron chi connectivity index (χ0n) is 11.6. The summed E-state index contributed by atoms with van der Waals surface area (Å²) in [6.07, 6.45) is 5.65. The molecule has 0 N–H and O–H groups in total. The Morgan fingerprint density at radius 3 is 2.53 bits per heavy atom. The zero-order chi connectivity index (χ0) is 12.4. The molecule has 1 aliphatic rings. The molecular weight excluding hydrogens is 210 g/mol. The van der Waals surface area contributed by atoms with Crippen LogP contribution in [0.3, 0.4) is 0 Å². The highest BCUT2D eigenvalue weighted by atomic mass is 15.3. The van der Waals surface area contributed by atoms with Gasteiger partial charge in [0.15, 0.2) is 0 Å². The lowest BCUT2D eigenvalue weighted by molar-refractivity contribution is 0.209. The summed E-state index contributed by atoms with van der Waals surface area (Å²) in [6.45, 7) is 9.18. The lowest BCUT2D eigenvalue weighted by Gasteiger charge is -2.30. The Labute approximate surface area is 105 Å². The Morgan fingerprint density at radius 2 is 2.00 bits per heavy atom. The average Bonchev–Trinajstić information content (AvgIpc) is 2.73. The number of nitrogens with zero attached hydrogens (tertiary/aromatic N) is 3. The van der Waals surface area contributed by atoms with Crippen molar-refractivity contribution in [2.45, 2.75) is 52.0 Å². The molecule has 1 fully saturated rings. The number of rotatable bonds is 3. The van der Waals surface area contributed by atoms with Crippen LogP contribution in [0.2, 0.25) is 0 Å². The number of piperidine rings is 1. The summed E-state index contributed by atoms with van der Waals surface area (Å²) in [5.74, 6) is 0.576. The number of likely N-dealkylation sites (tertiary alicyclic amines) is 1. The molecule has 17 heavy (non-hydrogen) atoms. The van der Waals surface area contributed by atoms with Gasteiger partial charge in [-0.25, -0.2) is 0 Å². The Hall–Kier alpha value is -0.830. The van der Waals surface area contributed by atoms with Crippen LogP contribution in [0.1, 0.15) is 56.8 Å². The molecule has 0 bridgehead atoms. The van der Waals surface area contributed by atoms with E-state index in [4.69, 9.17) is 0 Å². The molecule has 0 radical (unpaired) electrons. The van der Waals surface area contributed by atoms with E-state index in [1.807, 2.05) is 0 Å². The molecule has 0 atom stereocenters. The van der Waals surface area contributed by atoms with Crippen molar-refractivity contribution in [3.05, 3.63) is 17.5 Å². The lowest BCUT2D eigenvalue weighted by Crippen LogP contribution is -2.32. The van der Waals surface area contributed by atoms with Gasteiger partial charge in [0.1, 0.15) is 0 Å². The second kappa shape index (κ2) is 5.21. The number of aryl methyl sites for hydroxylation is 1. The molecule has 96 valence electrons. The van der Waals surface area contributed by atoms with Crippen molar-refractivity contribution in [3.8, 4) is 0 Å². The molecule has 3 heteroatoms. The third-order valence-corrected chi connectivity index (χ3v) is 3.88. The van der Waals surface area contributed by atoms with Crippen molar-refractivity contribution >= 4 is 0 Å². The highest BCUT2D eigenvalue weighted by Gasteiger charge is 2.23. The minimum Gasteiger partial charge on any atom is -0.306 e. The molecule has 0 saturated carbocycles. The molecular formula is C14H25N3. The largest absolute Gasteiger partial charge is 0.306 e. The van der Waals surface area contributed by atoms with E-state index in [0.29, 0.717) is 12.0 Å². The second-order valence-electron chi connectivity index (χ2n) is 5.54. The van der Waals surface area contributed by atoms with E-state index in [0.717, 1.165) is 6.42 Å². The van der Waals surface area contributed by atoms with Gasteiger partial charge in [0.25, 0.3) is 0 Å². The average molecular weight is 235 g/mol. The molecule has 0 unspecified atom stereocenters. The molecule has 1 saturated heterocycles. The first-order chi connectivity index (χ1) is 8.13. The van der Waals surface area contributed by atoms with Crippen LogP contribution in [-0.2, 0) is 6.42 Å². The Balaban J connectivity index is 2.23. The van der Waals surface area contributed by atoms with Crippen LogP contribution in [0, 0.1) is 0 Å². The maximum Gasteiger partial charge on any atom is 0.0547 e. The molecule has 1 aliphatic heterocycles. The van der Waals surface area contributed by atoms with Crippen molar-refractivity contribution in [1.29, 1.82) is 0 Å². The smallest absolute Gasteiger partial charge is 0.0547 e. The molecule has 2 rings (SSSR count). The maximum absolute atomic E-state index is 4.66. The summed E-state index contributed by atoms with van der Waals surface area (Å²) in [6, 6.07) is 0.615. The molecule has 0 aliphatic carbocycles. The second-order valence-corrected chi connectivity index (χ2v) is 5.54. The van der Waals surface area contributed by atoms with Crippen LogP contribution >= 0.6 is 0 Å². The summed E-state index contributed by atoms with van der Waals surface area (Å²) in [5.41, 5.74) is 2.89. The van der Waals surface area contributed by atoms with E-state index in [9.17, 15) is 0 Å². The Kier molecular flexibility index (Phi) is 3.87. The van der Waals surface area contributed by atoms with Crippen molar-refractivity contribution in [3.63, 3.8) is 0 Å². The first-order valence-electron chi connectivity index (χ1n) is 6.88. The predicted octanol–water partition coefficient (Wildman–Crippen LogP) is 2.84.